The fourth-order valence-corrected chi connectivity index (χ4v) is 2.97. The third-order valence-electron chi connectivity index (χ3n) is 4.04. The van der Waals surface area contributed by atoms with Crippen molar-refractivity contribution in [3.05, 3.63) is 65.4 Å². The summed E-state index contributed by atoms with van der Waals surface area (Å²) < 4.78 is 11.5. The second-order valence-electron chi connectivity index (χ2n) is 5.76. The lowest BCUT2D eigenvalue weighted by molar-refractivity contribution is 0.415. The highest BCUT2D eigenvalue weighted by Crippen LogP contribution is 2.31. The number of ether oxygens (including phenoxy) is 1. The number of nitrogens with one attached hydrogen (secondary N) is 1. The molecule has 3 aromatic rings. The fraction of sp³-hybridized carbons (Fsp3) is 0.250. The van der Waals surface area contributed by atoms with Crippen LogP contribution in [-0.2, 0) is 12.8 Å². The Labute approximate surface area is 147 Å². The van der Waals surface area contributed by atoms with Gasteiger partial charge in [-0.2, -0.15) is 0 Å². The van der Waals surface area contributed by atoms with Gasteiger partial charge in [0.25, 0.3) is 0 Å². The first-order chi connectivity index (χ1) is 11.7. The lowest BCUT2D eigenvalue weighted by atomic mass is 10.0. The Bertz CT molecular complexity index is 839. The average molecular weight is 339 g/mol. The molecule has 0 atom stereocenters. The Morgan fingerprint density at radius 3 is 2.67 bits per heavy atom. The van der Waals surface area contributed by atoms with Crippen molar-refractivity contribution in [1.29, 1.82) is 0 Å². The zero-order chi connectivity index (χ0) is 16.9. The molecule has 24 heavy (non-hydrogen) atoms. The molecule has 0 saturated carbocycles. The van der Waals surface area contributed by atoms with Crippen molar-refractivity contribution >= 4 is 28.2 Å². The molecule has 0 unspecified atom stereocenters. The molecule has 0 aliphatic rings. The molecule has 1 aromatic heterocycles. The van der Waals surface area contributed by atoms with E-state index < -0.39 is 0 Å². The van der Waals surface area contributed by atoms with Crippen molar-refractivity contribution in [2.75, 3.05) is 13.7 Å². The van der Waals surface area contributed by atoms with Crippen LogP contribution in [0.3, 0.4) is 0 Å². The van der Waals surface area contributed by atoms with Crippen LogP contribution in [0.15, 0.2) is 52.9 Å². The predicted octanol–water partition coefficient (Wildman–Crippen LogP) is 4.51. The van der Waals surface area contributed by atoms with Gasteiger partial charge < -0.3 is 14.5 Å². The number of hydrogen-bond donors (Lipinski definition) is 1. The van der Waals surface area contributed by atoms with Gasteiger partial charge in [-0.05, 0) is 37.1 Å². The van der Waals surface area contributed by atoms with Gasteiger partial charge in [-0.3, -0.25) is 0 Å². The number of hydrogen-bond acceptors (Lipinski definition) is 3. The molecule has 0 spiro atoms. The van der Waals surface area contributed by atoms with Crippen molar-refractivity contribution in [1.82, 2.24) is 5.32 Å². The number of fused-ring (bicyclic) bond motifs is 1. The maximum atomic E-state index is 6.14. The normalized spacial score (nSPS) is 10.8. The van der Waals surface area contributed by atoms with Gasteiger partial charge in [0.15, 0.2) is 0 Å². The summed E-state index contributed by atoms with van der Waals surface area (Å²) in [6.07, 6.45) is 1.64. The average Bonchev–Trinajstić information content (AvgIpc) is 2.92. The standard InChI is InChI=1S/C20H21NO2S/c1-14(24)21-11-10-17-18-13-16(22-2)8-9-19(18)23-20(17)12-15-6-4-3-5-7-15/h3-9,13H,10-12H2,1-2H3,(H,21,24). The number of thiocarbonyl (C=S) groups is 1. The van der Waals surface area contributed by atoms with Crippen LogP contribution in [0.5, 0.6) is 5.75 Å². The van der Waals surface area contributed by atoms with Crippen molar-refractivity contribution in [2.45, 2.75) is 19.8 Å². The summed E-state index contributed by atoms with van der Waals surface area (Å²) in [5.74, 6) is 1.85. The molecule has 124 valence electrons. The zero-order valence-corrected chi connectivity index (χ0v) is 14.8. The van der Waals surface area contributed by atoms with Gasteiger partial charge >= 0.3 is 0 Å². The van der Waals surface area contributed by atoms with E-state index in [-0.39, 0.29) is 0 Å². The van der Waals surface area contributed by atoms with Crippen LogP contribution in [0.1, 0.15) is 23.8 Å². The van der Waals surface area contributed by atoms with E-state index in [0.29, 0.717) is 0 Å². The molecule has 0 aliphatic heterocycles. The van der Waals surface area contributed by atoms with Crippen LogP contribution in [0, 0.1) is 0 Å². The van der Waals surface area contributed by atoms with Crippen LogP contribution >= 0.6 is 12.2 Å². The second kappa shape index (κ2) is 7.49. The van der Waals surface area contributed by atoms with Crippen LogP contribution in [0.4, 0.5) is 0 Å². The Morgan fingerprint density at radius 1 is 1.17 bits per heavy atom. The summed E-state index contributed by atoms with van der Waals surface area (Å²) in [4.78, 5) is 0.810. The molecule has 0 saturated heterocycles. The van der Waals surface area contributed by atoms with Crippen LogP contribution in [0.2, 0.25) is 0 Å². The van der Waals surface area contributed by atoms with E-state index in [1.165, 1.54) is 11.1 Å². The number of rotatable bonds is 6. The zero-order valence-electron chi connectivity index (χ0n) is 14.0. The number of methoxy groups -OCH3 is 1. The molecular formula is C20H21NO2S. The Balaban J connectivity index is 1.97. The number of furan rings is 1. The highest BCUT2D eigenvalue weighted by molar-refractivity contribution is 7.80. The second-order valence-corrected chi connectivity index (χ2v) is 6.37. The van der Waals surface area contributed by atoms with E-state index in [9.17, 15) is 0 Å². The van der Waals surface area contributed by atoms with Gasteiger partial charge in [0.2, 0.25) is 0 Å². The van der Waals surface area contributed by atoms with Crippen LogP contribution in [0.25, 0.3) is 11.0 Å². The first-order valence-corrected chi connectivity index (χ1v) is 8.45. The topological polar surface area (TPSA) is 34.4 Å². The Hall–Kier alpha value is -2.33. The molecule has 1 heterocycles. The summed E-state index contributed by atoms with van der Waals surface area (Å²) in [5.41, 5.74) is 3.36. The SMILES string of the molecule is COc1ccc2oc(Cc3ccccc3)c(CCNC(C)=S)c2c1. The monoisotopic (exact) mass is 339 g/mol. The molecule has 0 fully saturated rings. The number of benzene rings is 2. The highest BCUT2D eigenvalue weighted by Gasteiger charge is 2.15. The highest BCUT2D eigenvalue weighted by atomic mass is 32.1. The molecule has 0 amide bonds. The molecule has 0 radical (unpaired) electrons. The van der Waals surface area contributed by atoms with Crippen molar-refractivity contribution in [3.8, 4) is 5.75 Å². The minimum atomic E-state index is 0.781. The van der Waals surface area contributed by atoms with Gasteiger partial charge in [-0.15, -0.1) is 0 Å². The quantitative estimate of drug-likeness (QED) is 0.670. The molecule has 3 rings (SSSR count). The van der Waals surface area contributed by atoms with E-state index >= 15 is 0 Å². The molecule has 3 nitrogen and oxygen atoms in total. The predicted molar refractivity (Wildman–Crippen MR) is 102 cm³/mol. The summed E-state index contributed by atoms with van der Waals surface area (Å²) >= 11 is 5.11. The maximum Gasteiger partial charge on any atom is 0.134 e. The van der Waals surface area contributed by atoms with E-state index in [1.54, 1.807) is 7.11 Å². The van der Waals surface area contributed by atoms with Crippen molar-refractivity contribution in [2.24, 2.45) is 0 Å². The molecule has 1 N–H and O–H groups in total. The summed E-state index contributed by atoms with van der Waals surface area (Å²) in [6.45, 7) is 2.69. The molecular weight excluding hydrogens is 318 g/mol. The Morgan fingerprint density at radius 2 is 1.96 bits per heavy atom. The maximum absolute atomic E-state index is 6.14. The first kappa shape index (κ1) is 16.5. The minimum Gasteiger partial charge on any atom is -0.497 e. The molecule has 4 heteroatoms. The van der Waals surface area contributed by atoms with E-state index in [4.69, 9.17) is 21.4 Å². The van der Waals surface area contributed by atoms with Crippen LogP contribution in [-0.4, -0.2) is 18.6 Å². The van der Waals surface area contributed by atoms with Crippen molar-refractivity contribution in [3.63, 3.8) is 0 Å². The van der Waals surface area contributed by atoms with E-state index in [0.717, 1.165) is 46.9 Å². The van der Waals surface area contributed by atoms with E-state index in [1.807, 2.05) is 31.2 Å². The lowest BCUT2D eigenvalue weighted by Gasteiger charge is -2.06. The fourth-order valence-electron chi connectivity index (χ4n) is 2.87. The van der Waals surface area contributed by atoms with Gasteiger partial charge in [-0.1, -0.05) is 42.5 Å². The lowest BCUT2D eigenvalue weighted by Crippen LogP contribution is -2.21. The third kappa shape index (κ3) is 3.77. The molecule has 0 bridgehead atoms. The molecule has 2 aromatic carbocycles. The van der Waals surface area contributed by atoms with Crippen LogP contribution < -0.4 is 10.1 Å². The van der Waals surface area contributed by atoms with Gasteiger partial charge in [0.05, 0.1) is 12.1 Å². The summed E-state index contributed by atoms with van der Waals surface area (Å²) in [7, 11) is 1.68. The smallest absolute Gasteiger partial charge is 0.134 e. The largest absolute Gasteiger partial charge is 0.497 e. The third-order valence-corrected chi connectivity index (χ3v) is 4.18. The van der Waals surface area contributed by atoms with Gasteiger partial charge in [0.1, 0.15) is 17.1 Å². The minimum absolute atomic E-state index is 0.781. The molecule has 0 aliphatic carbocycles. The van der Waals surface area contributed by atoms with E-state index in [2.05, 4.69) is 29.6 Å². The summed E-state index contributed by atoms with van der Waals surface area (Å²) in [6, 6.07) is 16.3. The Kier molecular flexibility index (Phi) is 5.16. The van der Waals surface area contributed by atoms with Crippen molar-refractivity contribution < 1.29 is 9.15 Å². The van der Waals surface area contributed by atoms with Gasteiger partial charge in [-0.25, -0.2) is 0 Å². The van der Waals surface area contributed by atoms with Gasteiger partial charge in [0, 0.05) is 23.9 Å². The summed E-state index contributed by atoms with van der Waals surface area (Å²) in [5, 5.41) is 4.34. The first-order valence-electron chi connectivity index (χ1n) is 8.04.